The van der Waals surface area contributed by atoms with E-state index in [0.29, 0.717) is 6.04 Å². The third-order valence-corrected chi connectivity index (χ3v) is 4.98. The molecule has 0 radical (unpaired) electrons. The molecule has 0 fully saturated rings. The molecule has 1 unspecified atom stereocenters. The second-order valence-corrected chi connectivity index (χ2v) is 6.86. The number of nitrogens with one attached hydrogen (secondary N) is 1. The van der Waals surface area contributed by atoms with Gasteiger partial charge in [-0.2, -0.15) is 0 Å². The molecule has 0 aliphatic carbocycles. The minimum atomic E-state index is 0.378. The van der Waals surface area contributed by atoms with E-state index in [4.69, 9.17) is 11.6 Å². The summed E-state index contributed by atoms with van der Waals surface area (Å²) in [6, 6.07) is 6.77. The fraction of sp³-hybridized carbons (Fsp3) is 0.333. The van der Waals surface area contributed by atoms with Gasteiger partial charge in [0.15, 0.2) is 0 Å². The van der Waals surface area contributed by atoms with Gasteiger partial charge in [-0.15, -0.1) is 11.3 Å². The molecule has 1 aromatic heterocycles. The summed E-state index contributed by atoms with van der Waals surface area (Å²) < 4.78 is 0. The first-order chi connectivity index (χ1) is 8.56. The molecule has 3 heteroatoms. The Morgan fingerprint density at radius 1 is 1.28 bits per heavy atom. The molecule has 2 aromatic rings. The van der Waals surface area contributed by atoms with Gasteiger partial charge in [-0.1, -0.05) is 17.7 Å². The van der Waals surface area contributed by atoms with E-state index in [0.717, 1.165) is 11.4 Å². The van der Waals surface area contributed by atoms with Gasteiger partial charge in [0.2, 0.25) is 0 Å². The highest BCUT2D eigenvalue weighted by atomic mass is 35.5. The number of halogens is 1. The Hall–Kier alpha value is -0.990. The largest absolute Gasteiger partial charge is 0.377 e. The van der Waals surface area contributed by atoms with E-state index in [1.54, 1.807) is 0 Å². The van der Waals surface area contributed by atoms with Crippen LogP contribution in [0.25, 0.3) is 0 Å². The summed E-state index contributed by atoms with van der Waals surface area (Å²) >= 11 is 8.17. The summed E-state index contributed by atoms with van der Waals surface area (Å²) in [5, 5.41) is 4.52. The molecule has 0 saturated carbocycles. The van der Waals surface area contributed by atoms with Gasteiger partial charge in [0.1, 0.15) is 0 Å². The van der Waals surface area contributed by atoms with E-state index in [9.17, 15) is 0 Å². The number of fused-ring (bicyclic) bond motifs is 1. The normalized spacial score (nSPS) is 17.7. The van der Waals surface area contributed by atoms with E-state index in [-0.39, 0.29) is 0 Å². The second kappa shape index (κ2) is 4.29. The van der Waals surface area contributed by atoms with Crippen LogP contribution in [0.4, 0.5) is 5.69 Å². The van der Waals surface area contributed by atoms with E-state index in [1.807, 2.05) is 17.4 Å². The molecule has 0 saturated heterocycles. The van der Waals surface area contributed by atoms with Gasteiger partial charge < -0.3 is 5.32 Å². The maximum absolute atomic E-state index is 6.30. The van der Waals surface area contributed by atoms with E-state index >= 15 is 0 Å². The van der Waals surface area contributed by atoms with E-state index in [1.165, 1.54) is 32.1 Å². The van der Waals surface area contributed by atoms with Gasteiger partial charge in [-0.05, 0) is 49.6 Å². The first-order valence-electron chi connectivity index (χ1n) is 6.17. The second-order valence-electron chi connectivity index (χ2n) is 4.99. The maximum atomic E-state index is 6.30. The molecule has 0 amide bonds. The Balaban J connectivity index is 2.00. The quantitative estimate of drug-likeness (QED) is 0.770. The Kier molecular flexibility index (Phi) is 2.87. The fourth-order valence-electron chi connectivity index (χ4n) is 2.75. The van der Waals surface area contributed by atoms with Gasteiger partial charge >= 0.3 is 0 Å². The zero-order valence-corrected chi connectivity index (χ0v) is 12.4. The minimum Gasteiger partial charge on any atom is -0.377 e. The van der Waals surface area contributed by atoms with Gasteiger partial charge in [-0.3, -0.25) is 0 Å². The zero-order chi connectivity index (χ0) is 12.9. The van der Waals surface area contributed by atoms with Crippen LogP contribution >= 0.6 is 22.9 Å². The molecule has 94 valence electrons. The van der Waals surface area contributed by atoms with Crippen molar-refractivity contribution in [2.24, 2.45) is 0 Å². The number of rotatable bonds is 1. The maximum Gasteiger partial charge on any atom is 0.0566 e. The van der Waals surface area contributed by atoms with E-state index in [2.05, 4.69) is 38.2 Å². The average molecular weight is 278 g/mol. The van der Waals surface area contributed by atoms with Crippen molar-refractivity contribution in [3.8, 4) is 0 Å². The van der Waals surface area contributed by atoms with Crippen molar-refractivity contribution in [3.63, 3.8) is 0 Å². The number of aryl methyl sites for hydroxylation is 3. The van der Waals surface area contributed by atoms with Gasteiger partial charge in [0.25, 0.3) is 0 Å². The molecule has 1 aromatic carbocycles. The predicted molar refractivity (Wildman–Crippen MR) is 80.0 cm³/mol. The Morgan fingerprint density at radius 2 is 2.06 bits per heavy atom. The molecular formula is C15H16ClNS. The van der Waals surface area contributed by atoms with Crippen LogP contribution in [-0.2, 0) is 6.42 Å². The summed E-state index contributed by atoms with van der Waals surface area (Å²) in [5.41, 5.74) is 5.20. The highest BCUT2D eigenvalue weighted by Crippen LogP contribution is 2.42. The summed E-state index contributed by atoms with van der Waals surface area (Å²) in [5.74, 6) is 0. The number of anilines is 1. The third-order valence-electron chi connectivity index (χ3n) is 3.65. The van der Waals surface area contributed by atoms with Crippen molar-refractivity contribution in [2.75, 3.05) is 5.32 Å². The smallest absolute Gasteiger partial charge is 0.0566 e. The van der Waals surface area contributed by atoms with Crippen LogP contribution in [0.3, 0.4) is 0 Å². The average Bonchev–Trinajstić information content (AvgIpc) is 2.88. The number of thiophene rings is 1. The predicted octanol–water partition coefficient (Wildman–Crippen LogP) is 5.04. The van der Waals surface area contributed by atoms with Crippen LogP contribution in [0.15, 0.2) is 18.2 Å². The van der Waals surface area contributed by atoms with Crippen LogP contribution in [0.5, 0.6) is 0 Å². The van der Waals surface area contributed by atoms with Crippen molar-refractivity contribution < 1.29 is 0 Å². The summed E-state index contributed by atoms with van der Waals surface area (Å²) in [7, 11) is 0. The van der Waals surface area contributed by atoms with Gasteiger partial charge in [0, 0.05) is 26.9 Å². The topological polar surface area (TPSA) is 12.0 Å². The lowest BCUT2D eigenvalue weighted by Crippen LogP contribution is -2.05. The monoisotopic (exact) mass is 277 g/mol. The van der Waals surface area contributed by atoms with Crippen LogP contribution in [0, 0.1) is 20.8 Å². The highest BCUT2D eigenvalue weighted by molar-refractivity contribution is 7.12. The molecule has 1 N–H and O–H groups in total. The van der Waals surface area contributed by atoms with Crippen LogP contribution in [0.2, 0.25) is 5.02 Å². The summed E-state index contributed by atoms with van der Waals surface area (Å²) in [6.07, 6.45) is 0.993. The lowest BCUT2D eigenvalue weighted by atomic mass is 10.0. The zero-order valence-electron chi connectivity index (χ0n) is 10.8. The van der Waals surface area contributed by atoms with Crippen molar-refractivity contribution in [1.82, 2.24) is 0 Å². The van der Waals surface area contributed by atoms with Crippen molar-refractivity contribution in [2.45, 2.75) is 33.2 Å². The first-order valence-corrected chi connectivity index (χ1v) is 7.37. The summed E-state index contributed by atoms with van der Waals surface area (Å²) in [4.78, 5) is 2.79. The minimum absolute atomic E-state index is 0.378. The molecule has 1 aliphatic rings. The Bertz CT molecular complexity index is 584. The molecule has 1 atom stereocenters. The molecule has 0 spiro atoms. The molecule has 3 rings (SSSR count). The number of hydrogen-bond donors (Lipinski definition) is 1. The molecular weight excluding hydrogens is 262 g/mol. The fourth-order valence-corrected chi connectivity index (χ4v) is 3.98. The Labute approximate surface area is 117 Å². The van der Waals surface area contributed by atoms with Crippen molar-refractivity contribution >= 4 is 28.6 Å². The van der Waals surface area contributed by atoms with Crippen LogP contribution < -0.4 is 5.32 Å². The third kappa shape index (κ3) is 1.84. The number of hydrogen-bond acceptors (Lipinski definition) is 2. The van der Waals surface area contributed by atoms with Gasteiger partial charge in [-0.25, -0.2) is 0 Å². The lowest BCUT2D eigenvalue weighted by Gasteiger charge is -2.11. The van der Waals surface area contributed by atoms with Crippen molar-refractivity contribution in [1.29, 1.82) is 0 Å². The van der Waals surface area contributed by atoms with Crippen molar-refractivity contribution in [3.05, 3.63) is 49.7 Å². The first kappa shape index (κ1) is 12.1. The molecule has 0 bridgehead atoms. The Morgan fingerprint density at radius 3 is 2.67 bits per heavy atom. The van der Waals surface area contributed by atoms with E-state index < -0.39 is 0 Å². The summed E-state index contributed by atoms with van der Waals surface area (Å²) in [6.45, 7) is 6.50. The van der Waals surface area contributed by atoms with Gasteiger partial charge in [0.05, 0.1) is 6.04 Å². The molecule has 2 heterocycles. The lowest BCUT2D eigenvalue weighted by molar-refractivity contribution is 0.822. The van der Waals surface area contributed by atoms with Crippen LogP contribution in [0.1, 0.15) is 32.5 Å². The van der Waals surface area contributed by atoms with Crippen LogP contribution in [-0.4, -0.2) is 0 Å². The standard InChI is InChI=1S/C15H16ClNS/c1-8-4-5-13(16)12-7-14(17-15(8)12)11-6-9(2)18-10(11)3/h4-6,14,17H,7H2,1-3H3. The SMILES string of the molecule is Cc1cc(C2Cc3c(Cl)ccc(C)c3N2)c(C)s1. The number of benzene rings is 1. The molecule has 18 heavy (non-hydrogen) atoms. The highest BCUT2D eigenvalue weighted by Gasteiger charge is 2.27. The molecule has 1 aliphatic heterocycles. The molecule has 1 nitrogen and oxygen atoms in total.